The molecule has 8 nitrogen and oxygen atoms in total. The first kappa shape index (κ1) is 25.1. The molecule has 1 aliphatic rings. The molecule has 1 saturated carbocycles. The summed E-state index contributed by atoms with van der Waals surface area (Å²) in [6, 6.07) is 7.36. The number of pyridine rings is 2. The fourth-order valence-corrected chi connectivity index (χ4v) is 4.92. The van der Waals surface area contributed by atoms with Crippen LogP contribution in [0.2, 0.25) is 0 Å². The molecule has 4 heterocycles. The molecular weight excluding hydrogens is 519 g/mol. The fourth-order valence-electron chi connectivity index (χ4n) is 3.86. The van der Waals surface area contributed by atoms with Crippen LogP contribution in [0.5, 0.6) is 0 Å². The number of aryl methyl sites for hydroxylation is 1. The Balaban J connectivity index is 1.66. The van der Waals surface area contributed by atoms with Gasteiger partial charge in [0.05, 0.1) is 16.3 Å². The van der Waals surface area contributed by atoms with Crippen molar-refractivity contribution in [3.05, 3.63) is 47.9 Å². The Morgan fingerprint density at radius 2 is 1.78 bits per heavy atom. The zero-order valence-corrected chi connectivity index (χ0v) is 20.3. The van der Waals surface area contributed by atoms with Crippen molar-refractivity contribution in [1.82, 2.24) is 29.7 Å². The largest absolute Gasteiger partial charge is 0.459 e. The van der Waals surface area contributed by atoms with Gasteiger partial charge < -0.3 is 4.57 Å². The first-order valence-corrected chi connectivity index (χ1v) is 12.8. The number of imidazole rings is 1. The second kappa shape index (κ2) is 8.50. The van der Waals surface area contributed by atoms with E-state index in [0.717, 1.165) is 18.5 Å². The molecule has 5 rings (SSSR count). The van der Waals surface area contributed by atoms with Crippen LogP contribution in [0.25, 0.3) is 33.9 Å². The number of fused-ring (bicyclic) bond motifs is 1. The lowest BCUT2D eigenvalue weighted by molar-refractivity contribution is -0.291. The van der Waals surface area contributed by atoms with E-state index in [1.807, 2.05) is 12.1 Å². The molecule has 0 N–H and O–H groups in total. The van der Waals surface area contributed by atoms with Gasteiger partial charge in [-0.3, -0.25) is 9.97 Å². The van der Waals surface area contributed by atoms with Crippen LogP contribution in [-0.4, -0.2) is 50.1 Å². The van der Waals surface area contributed by atoms with Crippen LogP contribution in [0.15, 0.2) is 41.4 Å². The quantitative estimate of drug-likeness (QED) is 0.325. The molecule has 0 bridgehead atoms. The molecule has 194 valence electrons. The maximum Gasteiger partial charge on any atom is 0.459 e. The van der Waals surface area contributed by atoms with E-state index in [2.05, 4.69) is 25.1 Å². The zero-order valence-electron chi connectivity index (χ0n) is 19.5. The Bertz CT molecular complexity index is 1630. The van der Waals surface area contributed by atoms with Gasteiger partial charge in [-0.2, -0.15) is 22.0 Å². The summed E-state index contributed by atoms with van der Waals surface area (Å²) >= 11 is 0. The second-order valence-electron chi connectivity index (χ2n) is 8.70. The highest BCUT2D eigenvalue weighted by molar-refractivity contribution is 7.91. The summed E-state index contributed by atoms with van der Waals surface area (Å²) in [6.07, 6.45) is -2.39. The van der Waals surface area contributed by atoms with Gasteiger partial charge in [0.1, 0.15) is 16.9 Å². The van der Waals surface area contributed by atoms with Gasteiger partial charge in [0, 0.05) is 30.4 Å². The average Bonchev–Trinajstić information content (AvgIpc) is 3.67. The minimum atomic E-state index is -5.88. The van der Waals surface area contributed by atoms with Gasteiger partial charge in [0.25, 0.3) is 0 Å². The Morgan fingerprint density at radius 3 is 2.43 bits per heavy atom. The molecule has 4 aromatic rings. The summed E-state index contributed by atoms with van der Waals surface area (Å²) in [5.74, 6) is -5.23. The van der Waals surface area contributed by atoms with E-state index in [1.54, 1.807) is 6.07 Å². The lowest BCUT2D eigenvalue weighted by atomic mass is 10.1. The van der Waals surface area contributed by atoms with Gasteiger partial charge in [-0.05, 0) is 37.1 Å². The molecule has 0 aliphatic heterocycles. The highest BCUT2D eigenvalue weighted by Gasteiger charge is 2.60. The Kier molecular flexibility index (Phi) is 5.77. The number of rotatable bonds is 6. The van der Waals surface area contributed by atoms with Crippen LogP contribution in [0.4, 0.5) is 22.0 Å². The lowest BCUT2D eigenvalue weighted by Gasteiger charge is -2.17. The molecule has 1 fully saturated rings. The number of nitrogens with zero attached hydrogens (tertiary/aromatic N) is 6. The SMILES string of the molecule is CCS(=O)(=O)c1cc(-c2cccc(C3CC3)n2)cnc1-c1nc2cc(C(F)(F)C(F)(F)F)nnc2n1C. The van der Waals surface area contributed by atoms with Gasteiger partial charge in [-0.15, -0.1) is 10.2 Å². The minimum absolute atomic E-state index is 0.0879. The monoisotopic (exact) mass is 538 g/mol. The highest BCUT2D eigenvalue weighted by atomic mass is 32.2. The van der Waals surface area contributed by atoms with Crippen molar-refractivity contribution in [1.29, 1.82) is 0 Å². The van der Waals surface area contributed by atoms with Crippen molar-refractivity contribution in [2.75, 3.05) is 5.75 Å². The predicted octanol–water partition coefficient (Wildman–Crippen LogP) is 4.81. The molecule has 0 radical (unpaired) electrons. The molecule has 0 aromatic carbocycles. The van der Waals surface area contributed by atoms with Crippen molar-refractivity contribution in [2.24, 2.45) is 7.05 Å². The molecule has 1 aliphatic carbocycles. The summed E-state index contributed by atoms with van der Waals surface area (Å²) < 4.78 is 93.4. The third-order valence-corrected chi connectivity index (χ3v) is 7.88. The number of aromatic nitrogens is 6. The van der Waals surface area contributed by atoms with Crippen LogP contribution >= 0.6 is 0 Å². The van der Waals surface area contributed by atoms with E-state index in [4.69, 9.17) is 0 Å². The maximum atomic E-state index is 13.8. The number of hydrogen-bond acceptors (Lipinski definition) is 7. The van der Waals surface area contributed by atoms with Crippen molar-refractivity contribution >= 4 is 21.0 Å². The molecule has 4 aromatic heterocycles. The molecule has 0 amide bonds. The van der Waals surface area contributed by atoms with E-state index in [9.17, 15) is 30.4 Å². The smallest absolute Gasteiger partial charge is 0.309 e. The second-order valence-corrected chi connectivity index (χ2v) is 10.9. The maximum absolute atomic E-state index is 13.8. The van der Waals surface area contributed by atoms with Gasteiger partial charge in [-0.25, -0.2) is 13.4 Å². The first-order chi connectivity index (χ1) is 17.3. The molecule has 14 heteroatoms. The van der Waals surface area contributed by atoms with E-state index < -0.39 is 27.6 Å². The van der Waals surface area contributed by atoms with Crippen LogP contribution in [0, 0.1) is 0 Å². The van der Waals surface area contributed by atoms with Crippen molar-refractivity contribution < 1.29 is 30.4 Å². The van der Waals surface area contributed by atoms with Gasteiger partial charge in [-0.1, -0.05) is 13.0 Å². The first-order valence-electron chi connectivity index (χ1n) is 11.2. The van der Waals surface area contributed by atoms with Crippen LogP contribution in [0.1, 0.15) is 37.1 Å². The normalized spacial score (nSPS) is 14.9. The van der Waals surface area contributed by atoms with Crippen LogP contribution < -0.4 is 0 Å². The Hall–Kier alpha value is -3.55. The highest BCUT2D eigenvalue weighted by Crippen LogP contribution is 2.43. The van der Waals surface area contributed by atoms with Gasteiger partial charge >= 0.3 is 12.1 Å². The topological polar surface area (TPSA) is 104 Å². The number of hydrogen-bond donors (Lipinski definition) is 0. The third kappa shape index (κ3) is 4.32. The van der Waals surface area contributed by atoms with Crippen molar-refractivity contribution in [2.45, 2.75) is 42.7 Å². The Labute approximate surface area is 207 Å². The molecular formula is C23H19F5N6O2S. The van der Waals surface area contributed by atoms with Crippen LogP contribution in [-0.2, 0) is 22.8 Å². The van der Waals surface area contributed by atoms with Crippen LogP contribution in [0.3, 0.4) is 0 Å². The Morgan fingerprint density at radius 1 is 1.05 bits per heavy atom. The summed E-state index contributed by atoms with van der Waals surface area (Å²) in [7, 11) is -2.47. The van der Waals surface area contributed by atoms with E-state index in [0.29, 0.717) is 23.2 Å². The van der Waals surface area contributed by atoms with E-state index in [1.165, 1.54) is 30.8 Å². The lowest BCUT2D eigenvalue weighted by Crippen LogP contribution is -2.34. The zero-order chi connectivity index (χ0) is 26.8. The standard InChI is InChI=1S/C23H19F5N6O2S/c1-3-37(35,36)17-9-13(15-6-4-5-14(30-15)12-7-8-12)11-29-19(17)21-31-16-10-18(22(24,25)23(26,27)28)32-33-20(16)34(21)2/h4-6,9-12H,3,7-8H2,1-2H3. The predicted molar refractivity (Wildman–Crippen MR) is 122 cm³/mol. The third-order valence-electron chi connectivity index (χ3n) is 6.14. The van der Waals surface area contributed by atoms with Gasteiger partial charge in [0.2, 0.25) is 0 Å². The number of halogens is 5. The molecule has 0 spiro atoms. The fraction of sp³-hybridized carbons (Fsp3) is 0.348. The van der Waals surface area contributed by atoms with Crippen molar-refractivity contribution in [3.63, 3.8) is 0 Å². The minimum Gasteiger partial charge on any atom is -0.309 e. The number of sulfone groups is 1. The molecule has 37 heavy (non-hydrogen) atoms. The summed E-state index contributed by atoms with van der Waals surface area (Å²) in [6.45, 7) is 1.45. The summed E-state index contributed by atoms with van der Waals surface area (Å²) in [5, 5.41) is 6.55. The molecule has 0 atom stereocenters. The number of alkyl halides is 5. The average molecular weight is 539 g/mol. The van der Waals surface area contributed by atoms with Gasteiger partial charge in [0.15, 0.2) is 21.3 Å². The summed E-state index contributed by atoms with van der Waals surface area (Å²) in [4.78, 5) is 12.9. The van der Waals surface area contributed by atoms with E-state index >= 15 is 0 Å². The van der Waals surface area contributed by atoms with E-state index in [-0.39, 0.29) is 33.3 Å². The van der Waals surface area contributed by atoms with Crippen molar-refractivity contribution in [3.8, 4) is 22.8 Å². The molecule has 0 saturated heterocycles. The summed E-state index contributed by atoms with van der Waals surface area (Å²) in [5.41, 5.74) is -0.286. The molecule has 0 unspecified atom stereocenters.